The minimum absolute atomic E-state index is 0.397. The Labute approximate surface area is 96.4 Å². The van der Waals surface area contributed by atoms with Gasteiger partial charge in [-0.3, -0.25) is 4.98 Å². The normalized spacial score (nSPS) is 10.2. The molecule has 4 nitrogen and oxygen atoms in total. The number of nitrogens with zero attached hydrogens (tertiary/aromatic N) is 3. The number of halogens is 1. The molecule has 2 aromatic heterocycles. The van der Waals surface area contributed by atoms with E-state index in [4.69, 9.17) is 11.6 Å². The van der Waals surface area contributed by atoms with E-state index in [1.165, 1.54) is 6.20 Å². The van der Waals surface area contributed by atoms with Gasteiger partial charge in [0.2, 0.25) is 0 Å². The first-order valence-corrected chi connectivity index (χ1v) is 5.70. The van der Waals surface area contributed by atoms with Gasteiger partial charge in [0.05, 0.1) is 17.4 Å². The van der Waals surface area contributed by atoms with E-state index in [9.17, 15) is 0 Å². The lowest BCUT2D eigenvalue weighted by molar-refractivity contribution is 0.982. The Bertz CT molecular complexity index is 418. The third-order valence-electron chi connectivity index (χ3n) is 1.73. The van der Waals surface area contributed by atoms with Crippen LogP contribution in [0.5, 0.6) is 0 Å². The Hall–Kier alpha value is -1.20. The number of aromatic nitrogens is 3. The van der Waals surface area contributed by atoms with Crippen LogP contribution < -0.4 is 5.32 Å². The van der Waals surface area contributed by atoms with Gasteiger partial charge in [0.1, 0.15) is 11.0 Å². The lowest BCUT2D eigenvalue weighted by Crippen LogP contribution is -2.06. The van der Waals surface area contributed by atoms with Crippen LogP contribution in [0.15, 0.2) is 24.0 Å². The quantitative estimate of drug-likeness (QED) is 0.891. The van der Waals surface area contributed by atoms with Crippen molar-refractivity contribution in [2.45, 2.75) is 6.42 Å². The molecule has 0 aliphatic carbocycles. The number of hydrogen-bond acceptors (Lipinski definition) is 5. The van der Waals surface area contributed by atoms with Crippen LogP contribution in [-0.2, 0) is 6.42 Å². The van der Waals surface area contributed by atoms with Crippen LogP contribution in [0.2, 0.25) is 5.15 Å². The van der Waals surface area contributed by atoms with Crippen molar-refractivity contribution in [1.82, 2.24) is 15.0 Å². The average Bonchev–Trinajstić information content (AvgIpc) is 2.71. The number of rotatable bonds is 4. The van der Waals surface area contributed by atoms with Crippen LogP contribution in [0, 0.1) is 0 Å². The van der Waals surface area contributed by atoms with Gasteiger partial charge in [-0.05, 0) is 0 Å². The molecule has 1 N–H and O–H groups in total. The Morgan fingerprint density at radius 1 is 1.40 bits per heavy atom. The van der Waals surface area contributed by atoms with E-state index in [1.807, 2.05) is 5.38 Å². The summed E-state index contributed by atoms with van der Waals surface area (Å²) in [6, 6.07) is 0. The molecule has 0 amide bonds. The molecule has 6 heteroatoms. The number of thiazole rings is 1. The number of anilines is 1. The molecule has 2 aromatic rings. The number of nitrogens with one attached hydrogen (secondary N) is 1. The molecule has 78 valence electrons. The molecule has 0 fully saturated rings. The third-order valence-corrected chi connectivity index (χ3v) is 2.76. The summed E-state index contributed by atoms with van der Waals surface area (Å²) in [4.78, 5) is 12.2. The van der Waals surface area contributed by atoms with E-state index in [0.29, 0.717) is 11.0 Å². The number of hydrogen-bond donors (Lipinski definition) is 1. The average molecular weight is 241 g/mol. The second kappa shape index (κ2) is 5.04. The highest BCUT2D eigenvalue weighted by Crippen LogP contribution is 2.08. The van der Waals surface area contributed by atoms with E-state index >= 15 is 0 Å². The highest BCUT2D eigenvalue weighted by molar-refractivity contribution is 7.09. The fourth-order valence-electron chi connectivity index (χ4n) is 1.10. The van der Waals surface area contributed by atoms with Crippen molar-refractivity contribution in [3.05, 3.63) is 34.1 Å². The van der Waals surface area contributed by atoms with E-state index in [1.54, 1.807) is 23.7 Å². The summed E-state index contributed by atoms with van der Waals surface area (Å²) >= 11 is 7.35. The second-order valence-electron chi connectivity index (χ2n) is 2.83. The highest BCUT2D eigenvalue weighted by atomic mass is 35.5. The molecule has 0 saturated carbocycles. The molecule has 0 aliphatic rings. The van der Waals surface area contributed by atoms with E-state index in [-0.39, 0.29) is 0 Å². The van der Waals surface area contributed by atoms with Gasteiger partial charge in [-0.1, -0.05) is 11.6 Å². The molecule has 15 heavy (non-hydrogen) atoms. The van der Waals surface area contributed by atoms with Gasteiger partial charge in [-0.15, -0.1) is 11.3 Å². The fraction of sp³-hybridized carbons (Fsp3) is 0.222. The molecule has 0 spiro atoms. The zero-order valence-electron chi connectivity index (χ0n) is 7.85. The summed E-state index contributed by atoms with van der Waals surface area (Å²) in [5.74, 6) is 0.694. The maximum absolute atomic E-state index is 5.70. The smallest absolute Gasteiger partial charge is 0.149 e. The van der Waals surface area contributed by atoms with Crippen LogP contribution in [0.4, 0.5) is 5.82 Å². The van der Waals surface area contributed by atoms with Crippen molar-refractivity contribution >= 4 is 28.8 Å². The lowest BCUT2D eigenvalue weighted by Gasteiger charge is -2.02. The maximum Gasteiger partial charge on any atom is 0.149 e. The summed E-state index contributed by atoms with van der Waals surface area (Å²) in [7, 11) is 0. The van der Waals surface area contributed by atoms with Crippen molar-refractivity contribution in [1.29, 1.82) is 0 Å². The first kappa shape index (κ1) is 10.3. The third kappa shape index (κ3) is 3.14. The molecule has 2 rings (SSSR count). The molecule has 0 bridgehead atoms. The van der Waals surface area contributed by atoms with Crippen molar-refractivity contribution in [3.63, 3.8) is 0 Å². The standard InChI is InChI=1S/C9H9ClN4S/c10-7-5-11-6-8(14-7)12-2-1-9-13-3-4-15-9/h3-6H,1-2H2,(H,12,14). The predicted molar refractivity (Wildman–Crippen MR) is 61.3 cm³/mol. The van der Waals surface area contributed by atoms with E-state index in [2.05, 4.69) is 20.3 Å². The van der Waals surface area contributed by atoms with Crippen LogP contribution in [-0.4, -0.2) is 21.5 Å². The highest BCUT2D eigenvalue weighted by Gasteiger charge is 1.97. The molecule has 0 aliphatic heterocycles. The van der Waals surface area contributed by atoms with Crippen LogP contribution in [0.3, 0.4) is 0 Å². The Morgan fingerprint density at radius 2 is 2.33 bits per heavy atom. The summed E-state index contributed by atoms with van der Waals surface area (Å²) in [6.45, 7) is 0.780. The molecule has 0 atom stereocenters. The minimum atomic E-state index is 0.397. The largest absolute Gasteiger partial charge is 0.368 e. The fourth-order valence-corrected chi connectivity index (χ4v) is 1.87. The summed E-state index contributed by atoms with van der Waals surface area (Å²) in [5.41, 5.74) is 0. The molecule has 0 unspecified atom stereocenters. The van der Waals surface area contributed by atoms with Crippen LogP contribution in [0.25, 0.3) is 0 Å². The topological polar surface area (TPSA) is 50.7 Å². The summed E-state index contributed by atoms with van der Waals surface area (Å²) < 4.78 is 0. The van der Waals surface area contributed by atoms with E-state index in [0.717, 1.165) is 18.0 Å². The van der Waals surface area contributed by atoms with Crippen molar-refractivity contribution in [2.24, 2.45) is 0 Å². The van der Waals surface area contributed by atoms with Crippen LogP contribution in [0.1, 0.15) is 5.01 Å². The predicted octanol–water partition coefficient (Wildman–Crippen LogP) is 2.24. The van der Waals surface area contributed by atoms with Gasteiger partial charge in [0.15, 0.2) is 0 Å². The maximum atomic E-state index is 5.70. The monoisotopic (exact) mass is 240 g/mol. The first-order valence-electron chi connectivity index (χ1n) is 4.44. The Kier molecular flexibility index (Phi) is 3.47. The first-order chi connectivity index (χ1) is 7.34. The minimum Gasteiger partial charge on any atom is -0.368 e. The van der Waals surface area contributed by atoms with Crippen molar-refractivity contribution in [3.8, 4) is 0 Å². The molecule has 0 saturated heterocycles. The van der Waals surface area contributed by atoms with Gasteiger partial charge in [-0.25, -0.2) is 9.97 Å². The van der Waals surface area contributed by atoms with Crippen molar-refractivity contribution in [2.75, 3.05) is 11.9 Å². The van der Waals surface area contributed by atoms with Gasteiger partial charge >= 0.3 is 0 Å². The SMILES string of the molecule is Clc1cncc(NCCc2nccs2)n1. The van der Waals surface area contributed by atoms with Crippen LogP contribution >= 0.6 is 22.9 Å². The van der Waals surface area contributed by atoms with Gasteiger partial charge in [0.25, 0.3) is 0 Å². The van der Waals surface area contributed by atoms with E-state index < -0.39 is 0 Å². The molecular formula is C9H9ClN4S. The second-order valence-corrected chi connectivity index (χ2v) is 4.20. The molecule has 2 heterocycles. The Balaban J connectivity index is 1.83. The summed E-state index contributed by atoms with van der Waals surface area (Å²) in [5, 5.41) is 6.61. The summed E-state index contributed by atoms with van der Waals surface area (Å²) in [6.07, 6.45) is 5.84. The Morgan fingerprint density at radius 3 is 3.07 bits per heavy atom. The zero-order chi connectivity index (χ0) is 10.5. The lowest BCUT2D eigenvalue weighted by atomic mass is 10.4. The molecule has 0 radical (unpaired) electrons. The molecule has 0 aromatic carbocycles. The van der Waals surface area contributed by atoms with Gasteiger partial charge in [0, 0.05) is 24.5 Å². The van der Waals surface area contributed by atoms with Gasteiger partial charge < -0.3 is 5.32 Å². The van der Waals surface area contributed by atoms with Crippen molar-refractivity contribution < 1.29 is 0 Å². The molecular weight excluding hydrogens is 232 g/mol. The zero-order valence-corrected chi connectivity index (χ0v) is 9.42. The van der Waals surface area contributed by atoms with Gasteiger partial charge in [-0.2, -0.15) is 0 Å².